The van der Waals surface area contributed by atoms with Crippen molar-refractivity contribution in [2.24, 2.45) is 5.73 Å². The molecular formula is C34H66NO9P. The van der Waals surface area contributed by atoms with Crippen molar-refractivity contribution in [3.05, 3.63) is 12.2 Å². The number of unbranched alkanes of at least 4 members (excludes halogenated alkanes) is 18. The van der Waals surface area contributed by atoms with Gasteiger partial charge in [-0.2, -0.15) is 0 Å². The highest BCUT2D eigenvalue weighted by Crippen LogP contribution is 2.43. The van der Waals surface area contributed by atoms with Crippen molar-refractivity contribution in [1.29, 1.82) is 0 Å². The molecule has 0 spiro atoms. The van der Waals surface area contributed by atoms with E-state index < -0.39 is 45.1 Å². The molecule has 0 heterocycles. The SMILES string of the molecule is CCCC/C=C\CCCCCCCC(=O)OC(COCCCCCCCCCCCCCC)COP(=O)(O)OCC(N)C(=O)O. The van der Waals surface area contributed by atoms with Crippen LogP contribution in [0.2, 0.25) is 0 Å². The second-order valence-corrected chi connectivity index (χ2v) is 13.5. The largest absolute Gasteiger partial charge is 0.480 e. The van der Waals surface area contributed by atoms with E-state index in [4.69, 9.17) is 24.8 Å². The second-order valence-electron chi connectivity index (χ2n) is 12.0. The Bertz CT molecular complexity index is 781. The van der Waals surface area contributed by atoms with Gasteiger partial charge in [0.15, 0.2) is 0 Å². The number of rotatable bonds is 34. The number of carbonyl (C=O) groups excluding carboxylic acids is 1. The van der Waals surface area contributed by atoms with Crippen LogP contribution < -0.4 is 5.73 Å². The van der Waals surface area contributed by atoms with E-state index >= 15 is 0 Å². The van der Waals surface area contributed by atoms with Crippen molar-refractivity contribution in [2.45, 2.75) is 167 Å². The third-order valence-electron chi connectivity index (χ3n) is 7.54. The molecule has 0 aliphatic rings. The monoisotopic (exact) mass is 663 g/mol. The van der Waals surface area contributed by atoms with E-state index in [0.29, 0.717) is 13.0 Å². The molecular weight excluding hydrogens is 597 g/mol. The fourth-order valence-corrected chi connectivity index (χ4v) is 5.48. The lowest BCUT2D eigenvalue weighted by molar-refractivity contribution is -0.154. The number of carboxylic acid groups (broad SMARTS) is 1. The van der Waals surface area contributed by atoms with Crippen LogP contribution in [0.3, 0.4) is 0 Å². The number of nitrogens with two attached hydrogens (primary N) is 1. The van der Waals surface area contributed by atoms with Crippen molar-refractivity contribution in [2.75, 3.05) is 26.4 Å². The Kier molecular flexibility index (Phi) is 30.4. The molecule has 4 N–H and O–H groups in total. The third-order valence-corrected chi connectivity index (χ3v) is 8.50. The Morgan fingerprint density at radius 2 is 1.18 bits per heavy atom. The second kappa shape index (κ2) is 31.3. The van der Waals surface area contributed by atoms with Gasteiger partial charge in [0.05, 0.1) is 19.8 Å². The molecule has 45 heavy (non-hydrogen) atoms. The number of phosphoric ester groups is 1. The highest BCUT2D eigenvalue weighted by molar-refractivity contribution is 7.47. The summed E-state index contributed by atoms with van der Waals surface area (Å²) in [5.74, 6) is -1.79. The summed E-state index contributed by atoms with van der Waals surface area (Å²) in [4.78, 5) is 33.2. The van der Waals surface area contributed by atoms with Gasteiger partial charge in [0, 0.05) is 13.0 Å². The van der Waals surface area contributed by atoms with Crippen LogP contribution in [-0.2, 0) is 32.7 Å². The first-order valence-corrected chi connectivity index (χ1v) is 19.2. The maximum Gasteiger partial charge on any atom is 0.472 e. The molecule has 11 heteroatoms. The maximum absolute atomic E-state index is 12.5. The minimum atomic E-state index is -4.60. The summed E-state index contributed by atoms with van der Waals surface area (Å²) in [6.07, 6.45) is 28.4. The van der Waals surface area contributed by atoms with Gasteiger partial charge in [-0.1, -0.05) is 129 Å². The number of carboxylic acids is 1. The van der Waals surface area contributed by atoms with Gasteiger partial charge in [0.2, 0.25) is 0 Å². The van der Waals surface area contributed by atoms with Crippen molar-refractivity contribution in [3.8, 4) is 0 Å². The van der Waals surface area contributed by atoms with E-state index in [-0.39, 0.29) is 13.0 Å². The molecule has 0 fully saturated rings. The lowest BCUT2D eigenvalue weighted by Gasteiger charge is -2.20. The Balaban J connectivity index is 4.34. The Labute approximate surface area is 273 Å². The molecule has 3 atom stereocenters. The van der Waals surface area contributed by atoms with Gasteiger partial charge >= 0.3 is 19.8 Å². The molecule has 266 valence electrons. The number of phosphoric acid groups is 1. The Morgan fingerprint density at radius 3 is 1.76 bits per heavy atom. The molecule has 0 rings (SSSR count). The first-order chi connectivity index (χ1) is 21.7. The van der Waals surface area contributed by atoms with Crippen LogP contribution in [-0.4, -0.2) is 60.5 Å². The molecule has 0 saturated carbocycles. The fourth-order valence-electron chi connectivity index (χ4n) is 4.70. The minimum absolute atomic E-state index is 0.0180. The highest BCUT2D eigenvalue weighted by atomic mass is 31.2. The molecule has 0 amide bonds. The average Bonchev–Trinajstić information content (AvgIpc) is 3.01. The number of allylic oxidation sites excluding steroid dienone is 2. The van der Waals surface area contributed by atoms with E-state index in [1.165, 1.54) is 70.6 Å². The van der Waals surface area contributed by atoms with Gasteiger partial charge in [-0.05, 0) is 32.1 Å². The first-order valence-electron chi connectivity index (χ1n) is 17.7. The summed E-state index contributed by atoms with van der Waals surface area (Å²) in [6, 6.07) is -1.47. The van der Waals surface area contributed by atoms with Crippen molar-refractivity contribution >= 4 is 19.8 Å². The van der Waals surface area contributed by atoms with Crippen LogP contribution in [0, 0.1) is 0 Å². The quantitative estimate of drug-likeness (QED) is 0.0264. The molecule has 0 radical (unpaired) electrons. The molecule has 0 aliphatic carbocycles. The van der Waals surface area contributed by atoms with E-state index in [2.05, 4.69) is 30.5 Å². The van der Waals surface area contributed by atoms with Crippen molar-refractivity contribution in [1.82, 2.24) is 0 Å². The summed E-state index contributed by atoms with van der Waals surface area (Å²) in [5, 5.41) is 8.84. The maximum atomic E-state index is 12.5. The zero-order chi connectivity index (χ0) is 33.4. The average molecular weight is 664 g/mol. The van der Waals surface area contributed by atoms with Gasteiger partial charge in [0.25, 0.3) is 0 Å². The van der Waals surface area contributed by atoms with Gasteiger partial charge in [0.1, 0.15) is 12.1 Å². The van der Waals surface area contributed by atoms with Crippen LogP contribution in [0.5, 0.6) is 0 Å². The molecule has 0 aliphatic heterocycles. The molecule has 0 bridgehead atoms. The Hall–Kier alpha value is -1.29. The fraction of sp³-hybridized carbons (Fsp3) is 0.882. The normalized spacial score (nSPS) is 14.4. The van der Waals surface area contributed by atoms with Crippen molar-refractivity contribution in [3.63, 3.8) is 0 Å². The zero-order valence-electron chi connectivity index (χ0n) is 28.5. The van der Waals surface area contributed by atoms with Crippen LogP contribution in [0.15, 0.2) is 12.2 Å². The van der Waals surface area contributed by atoms with Gasteiger partial charge in [-0.15, -0.1) is 0 Å². The summed E-state index contributed by atoms with van der Waals surface area (Å²) in [7, 11) is -4.60. The van der Waals surface area contributed by atoms with Crippen molar-refractivity contribution < 1.29 is 42.7 Å². The summed E-state index contributed by atoms with van der Waals surface area (Å²) in [6.45, 7) is 3.82. The van der Waals surface area contributed by atoms with Crippen LogP contribution in [0.25, 0.3) is 0 Å². The topological polar surface area (TPSA) is 155 Å². The number of hydrogen-bond acceptors (Lipinski definition) is 8. The summed E-state index contributed by atoms with van der Waals surface area (Å²) in [5.41, 5.74) is 5.32. The molecule has 3 unspecified atom stereocenters. The van der Waals surface area contributed by atoms with E-state index in [9.17, 15) is 19.0 Å². The van der Waals surface area contributed by atoms with Crippen LogP contribution in [0.1, 0.15) is 155 Å². The predicted molar refractivity (Wildman–Crippen MR) is 180 cm³/mol. The Morgan fingerprint density at radius 1 is 0.689 bits per heavy atom. The first kappa shape index (κ1) is 43.7. The lowest BCUT2D eigenvalue weighted by atomic mass is 10.1. The van der Waals surface area contributed by atoms with E-state index in [0.717, 1.165) is 57.8 Å². The van der Waals surface area contributed by atoms with Gasteiger partial charge in [-0.3, -0.25) is 18.6 Å². The molecule has 0 aromatic carbocycles. The number of hydrogen-bond donors (Lipinski definition) is 3. The minimum Gasteiger partial charge on any atom is -0.480 e. The van der Waals surface area contributed by atoms with Gasteiger partial charge in [-0.25, -0.2) is 4.57 Å². The standard InChI is InChI=1S/C34H66NO9P/c1-3-5-7-9-11-13-15-17-19-21-23-25-27-41-28-31(29-42-45(39,40)43-30-32(35)34(37)38)44-33(36)26-24-22-20-18-16-14-12-10-8-6-4-2/h10,12,31-32H,3-9,11,13-30,35H2,1-2H3,(H,37,38)(H,39,40)/b12-10-. The number of esters is 1. The molecule has 0 aromatic rings. The highest BCUT2D eigenvalue weighted by Gasteiger charge is 2.27. The summed E-state index contributed by atoms with van der Waals surface area (Å²) < 4.78 is 33.1. The number of aliphatic carboxylic acids is 1. The smallest absolute Gasteiger partial charge is 0.472 e. The number of carbonyl (C=O) groups is 2. The number of ether oxygens (including phenoxy) is 2. The van der Waals surface area contributed by atoms with E-state index in [1.807, 2.05) is 0 Å². The zero-order valence-corrected chi connectivity index (χ0v) is 29.4. The molecule has 10 nitrogen and oxygen atoms in total. The lowest BCUT2D eigenvalue weighted by Crippen LogP contribution is -2.34. The van der Waals surface area contributed by atoms with E-state index in [1.54, 1.807) is 0 Å². The molecule has 0 saturated heterocycles. The van der Waals surface area contributed by atoms with Crippen LogP contribution >= 0.6 is 7.82 Å². The van der Waals surface area contributed by atoms with Gasteiger partial charge < -0.3 is 25.2 Å². The predicted octanol–water partition coefficient (Wildman–Crippen LogP) is 8.64. The van der Waals surface area contributed by atoms with Crippen LogP contribution in [0.4, 0.5) is 0 Å². The summed E-state index contributed by atoms with van der Waals surface area (Å²) >= 11 is 0. The third kappa shape index (κ3) is 31.1. The molecule has 0 aromatic heterocycles.